The lowest BCUT2D eigenvalue weighted by molar-refractivity contribution is 0.627. The molecule has 9 rings (SSSR count). The third kappa shape index (κ3) is 2.40. The van der Waals surface area contributed by atoms with Gasteiger partial charge in [0.1, 0.15) is 5.82 Å². The van der Waals surface area contributed by atoms with Crippen LogP contribution in [0.1, 0.15) is 0 Å². The normalized spacial score (nSPS) is 12.3. The molecule has 176 valence electrons. The van der Waals surface area contributed by atoms with Crippen LogP contribution in [-0.4, -0.2) is 4.57 Å². The fourth-order valence-corrected chi connectivity index (χ4v) is 6.89. The summed E-state index contributed by atoms with van der Waals surface area (Å²) >= 11 is 0. The molecule has 0 unspecified atom stereocenters. The highest BCUT2D eigenvalue weighted by Gasteiger charge is 2.26. The number of rotatable bonds is 1. The smallest absolute Gasteiger partial charge is 0.123 e. The van der Waals surface area contributed by atoms with Gasteiger partial charge in [0.05, 0.1) is 11.0 Å². The van der Waals surface area contributed by atoms with Gasteiger partial charge in [-0.05, 0) is 79.5 Å². The molecule has 0 N–H and O–H groups in total. The Kier molecular flexibility index (Phi) is 3.76. The van der Waals surface area contributed by atoms with Gasteiger partial charge >= 0.3 is 0 Å². The van der Waals surface area contributed by atoms with E-state index in [-0.39, 0.29) is 5.82 Å². The highest BCUT2D eigenvalue weighted by molar-refractivity contribution is 6.38. The van der Waals surface area contributed by atoms with Crippen LogP contribution in [0.15, 0.2) is 121 Å². The van der Waals surface area contributed by atoms with Gasteiger partial charge in [-0.15, -0.1) is 0 Å². The minimum absolute atomic E-state index is 0.229. The van der Waals surface area contributed by atoms with Crippen LogP contribution in [0.25, 0.3) is 82.1 Å². The fourth-order valence-electron chi connectivity index (χ4n) is 6.89. The molecule has 1 nitrogen and oxygen atoms in total. The summed E-state index contributed by atoms with van der Waals surface area (Å²) in [7, 11) is 0. The van der Waals surface area contributed by atoms with Crippen molar-refractivity contribution in [2.75, 3.05) is 0 Å². The standard InChI is InChI=1S/C36H20FN/c37-21-16-18-22(19-17-21)38-32-20-31-26-11-2-1-9-24(26)27-14-7-15-30(33(27)31)34(32)35-28-12-5-3-8-23(28)25-10-4-6-13-29(25)36(35)38/h1-20H. The zero-order valence-electron chi connectivity index (χ0n) is 20.4. The second kappa shape index (κ2) is 7.08. The monoisotopic (exact) mass is 485 g/mol. The first-order valence-corrected chi connectivity index (χ1v) is 13.0. The molecule has 1 aromatic heterocycles. The van der Waals surface area contributed by atoms with Crippen LogP contribution in [0.3, 0.4) is 0 Å². The summed E-state index contributed by atoms with van der Waals surface area (Å²) < 4.78 is 16.5. The number of halogens is 1. The van der Waals surface area contributed by atoms with Crippen molar-refractivity contribution in [1.82, 2.24) is 4.57 Å². The third-order valence-electron chi connectivity index (χ3n) is 8.35. The number of aromatic nitrogens is 1. The Morgan fingerprint density at radius 2 is 1.00 bits per heavy atom. The Bertz CT molecular complexity index is 2290. The van der Waals surface area contributed by atoms with Gasteiger partial charge < -0.3 is 4.57 Å². The van der Waals surface area contributed by atoms with Crippen molar-refractivity contribution in [1.29, 1.82) is 0 Å². The van der Waals surface area contributed by atoms with Gasteiger partial charge in [0, 0.05) is 21.8 Å². The zero-order chi connectivity index (χ0) is 25.0. The Labute approximate surface area is 218 Å². The van der Waals surface area contributed by atoms with Gasteiger partial charge in [-0.1, -0.05) is 91.0 Å². The first-order valence-electron chi connectivity index (χ1n) is 13.0. The molecule has 7 aromatic carbocycles. The third-order valence-corrected chi connectivity index (χ3v) is 8.35. The SMILES string of the molecule is Fc1ccc(-n2c3cc4c5c(cccc5c3c3c5ccccc5c5ccccc5c32)-c2ccccc2-4)cc1. The second-order valence-corrected chi connectivity index (χ2v) is 10.2. The molecule has 0 aliphatic heterocycles. The van der Waals surface area contributed by atoms with Gasteiger partial charge in [0.25, 0.3) is 0 Å². The van der Waals surface area contributed by atoms with Crippen molar-refractivity contribution in [3.63, 3.8) is 0 Å². The minimum atomic E-state index is -0.229. The molecular weight excluding hydrogens is 465 g/mol. The molecule has 38 heavy (non-hydrogen) atoms. The minimum Gasteiger partial charge on any atom is -0.309 e. The van der Waals surface area contributed by atoms with Crippen molar-refractivity contribution in [3.8, 4) is 27.9 Å². The van der Waals surface area contributed by atoms with Gasteiger partial charge in [0.15, 0.2) is 0 Å². The van der Waals surface area contributed by atoms with Crippen LogP contribution in [0.5, 0.6) is 0 Å². The van der Waals surface area contributed by atoms with E-state index in [0.29, 0.717) is 0 Å². The average Bonchev–Trinajstić information content (AvgIpc) is 3.49. The maximum Gasteiger partial charge on any atom is 0.123 e. The Morgan fingerprint density at radius 1 is 0.421 bits per heavy atom. The Morgan fingerprint density at radius 3 is 1.76 bits per heavy atom. The van der Waals surface area contributed by atoms with E-state index in [1.54, 1.807) is 12.1 Å². The molecule has 8 aromatic rings. The van der Waals surface area contributed by atoms with Crippen molar-refractivity contribution in [2.45, 2.75) is 0 Å². The van der Waals surface area contributed by atoms with Crippen LogP contribution >= 0.6 is 0 Å². The predicted molar refractivity (Wildman–Crippen MR) is 158 cm³/mol. The number of nitrogens with zero attached hydrogens (tertiary/aromatic N) is 1. The summed E-state index contributed by atoms with van der Waals surface area (Å²) in [5.41, 5.74) is 8.38. The van der Waals surface area contributed by atoms with Gasteiger partial charge in [0.2, 0.25) is 0 Å². The van der Waals surface area contributed by atoms with Crippen LogP contribution in [0.2, 0.25) is 0 Å². The van der Waals surface area contributed by atoms with Crippen LogP contribution in [-0.2, 0) is 0 Å². The molecule has 0 saturated carbocycles. The van der Waals surface area contributed by atoms with Crippen molar-refractivity contribution in [2.24, 2.45) is 0 Å². The lowest BCUT2D eigenvalue weighted by atomic mass is 9.94. The summed E-state index contributed by atoms with van der Waals surface area (Å²) in [5, 5.41) is 9.99. The first kappa shape index (κ1) is 20.1. The Balaban J connectivity index is 1.64. The number of benzene rings is 7. The van der Waals surface area contributed by atoms with E-state index in [2.05, 4.69) is 102 Å². The zero-order valence-corrected chi connectivity index (χ0v) is 20.4. The molecule has 2 heteroatoms. The molecule has 1 aliphatic rings. The molecule has 1 heterocycles. The molecule has 0 bridgehead atoms. The Hall–Kier alpha value is -4.95. The van der Waals surface area contributed by atoms with E-state index in [4.69, 9.17) is 0 Å². The number of hydrogen-bond donors (Lipinski definition) is 0. The molecule has 1 aliphatic carbocycles. The summed E-state index contributed by atoms with van der Waals surface area (Å²) in [6.07, 6.45) is 0. The lowest BCUT2D eigenvalue weighted by Crippen LogP contribution is -1.95. The summed E-state index contributed by atoms with van der Waals surface area (Å²) in [5.74, 6) is -0.229. The number of fused-ring (bicyclic) bond motifs is 12. The molecule has 0 radical (unpaired) electrons. The van der Waals surface area contributed by atoms with E-state index < -0.39 is 0 Å². The topological polar surface area (TPSA) is 4.93 Å². The molecule has 0 fully saturated rings. The molecule has 0 saturated heterocycles. The molecule has 0 amide bonds. The van der Waals surface area contributed by atoms with Gasteiger partial charge in [-0.25, -0.2) is 4.39 Å². The first-order chi connectivity index (χ1) is 18.8. The van der Waals surface area contributed by atoms with E-state index in [0.717, 1.165) is 11.2 Å². The van der Waals surface area contributed by atoms with E-state index in [1.165, 1.54) is 70.9 Å². The van der Waals surface area contributed by atoms with E-state index in [1.807, 2.05) is 12.1 Å². The largest absolute Gasteiger partial charge is 0.309 e. The van der Waals surface area contributed by atoms with Crippen LogP contribution < -0.4 is 0 Å². The lowest BCUT2D eigenvalue weighted by Gasteiger charge is -2.12. The second-order valence-electron chi connectivity index (χ2n) is 10.2. The van der Waals surface area contributed by atoms with E-state index in [9.17, 15) is 4.39 Å². The molecule has 0 atom stereocenters. The predicted octanol–water partition coefficient (Wildman–Crippen LogP) is 10.0. The summed E-state index contributed by atoms with van der Waals surface area (Å²) in [6.45, 7) is 0. The van der Waals surface area contributed by atoms with Gasteiger partial charge in [-0.3, -0.25) is 0 Å². The fraction of sp³-hybridized carbons (Fsp3) is 0. The number of hydrogen-bond acceptors (Lipinski definition) is 0. The van der Waals surface area contributed by atoms with Crippen LogP contribution in [0, 0.1) is 5.82 Å². The maximum atomic E-state index is 14.1. The maximum absolute atomic E-state index is 14.1. The van der Waals surface area contributed by atoms with Crippen LogP contribution in [0.4, 0.5) is 4.39 Å². The highest BCUT2D eigenvalue weighted by Crippen LogP contribution is 2.52. The average molecular weight is 486 g/mol. The molecule has 0 spiro atoms. The van der Waals surface area contributed by atoms with Crippen molar-refractivity contribution in [3.05, 3.63) is 127 Å². The quantitative estimate of drug-likeness (QED) is 0.204. The molecular formula is C36H20FN. The van der Waals surface area contributed by atoms with E-state index >= 15 is 0 Å². The van der Waals surface area contributed by atoms with Crippen molar-refractivity contribution >= 4 is 54.1 Å². The van der Waals surface area contributed by atoms with Crippen molar-refractivity contribution < 1.29 is 4.39 Å². The summed E-state index contributed by atoms with van der Waals surface area (Å²) in [4.78, 5) is 0. The summed E-state index contributed by atoms with van der Waals surface area (Å²) in [6, 6.07) is 42.1. The highest BCUT2D eigenvalue weighted by atomic mass is 19.1. The van der Waals surface area contributed by atoms with Gasteiger partial charge in [-0.2, -0.15) is 0 Å².